The Hall–Kier alpha value is -2.49. The highest BCUT2D eigenvalue weighted by atomic mass is 16.5. The van der Waals surface area contributed by atoms with E-state index in [0.717, 1.165) is 12.0 Å². The van der Waals surface area contributed by atoms with Crippen LogP contribution in [0.15, 0.2) is 42.5 Å². The first-order valence-corrected chi connectivity index (χ1v) is 8.29. The van der Waals surface area contributed by atoms with E-state index in [1.54, 1.807) is 25.3 Å². The van der Waals surface area contributed by atoms with Crippen LogP contribution in [0.3, 0.4) is 0 Å². The van der Waals surface area contributed by atoms with E-state index >= 15 is 0 Å². The van der Waals surface area contributed by atoms with Crippen LogP contribution in [0.5, 0.6) is 11.5 Å². The molecule has 4 heteroatoms. The van der Waals surface area contributed by atoms with E-state index in [0.29, 0.717) is 23.7 Å². The molecule has 0 saturated heterocycles. The molecule has 1 N–H and O–H groups in total. The lowest BCUT2D eigenvalue weighted by Gasteiger charge is -2.16. The summed E-state index contributed by atoms with van der Waals surface area (Å²) in [6.07, 6.45) is 1.01. The van der Waals surface area contributed by atoms with E-state index in [2.05, 4.69) is 36.5 Å². The van der Waals surface area contributed by atoms with Crippen LogP contribution < -0.4 is 14.8 Å². The fourth-order valence-electron chi connectivity index (χ4n) is 2.49. The van der Waals surface area contributed by atoms with Crippen molar-refractivity contribution in [2.45, 2.75) is 33.2 Å². The predicted octanol–water partition coefficient (Wildman–Crippen LogP) is 4.15. The topological polar surface area (TPSA) is 47.6 Å². The van der Waals surface area contributed by atoms with Crippen LogP contribution in [0.1, 0.15) is 48.3 Å². The van der Waals surface area contributed by atoms with Crippen molar-refractivity contribution in [3.8, 4) is 11.5 Å². The summed E-state index contributed by atoms with van der Waals surface area (Å²) in [5.74, 6) is 1.06. The standard InChI is InChI=1S/C20H25NO3/c1-5-15-7-9-16(10-8-15)14(3)21-20(22)17-11-12-18(23-4)19(13-17)24-6-2/h7-14H,5-6H2,1-4H3,(H,21,22). The first-order valence-electron chi connectivity index (χ1n) is 8.29. The predicted molar refractivity (Wildman–Crippen MR) is 95.9 cm³/mol. The molecule has 1 atom stereocenters. The number of hydrogen-bond donors (Lipinski definition) is 1. The van der Waals surface area contributed by atoms with Gasteiger partial charge >= 0.3 is 0 Å². The summed E-state index contributed by atoms with van der Waals surface area (Å²) >= 11 is 0. The van der Waals surface area contributed by atoms with Crippen LogP contribution in [0.4, 0.5) is 0 Å². The number of hydrogen-bond acceptors (Lipinski definition) is 3. The normalized spacial score (nSPS) is 11.7. The third-order valence-corrected chi connectivity index (χ3v) is 3.96. The van der Waals surface area contributed by atoms with Gasteiger partial charge in [-0.2, -0.15) is 0 Å². The summed E-state index contributed by atoms with van der Waals surface area (Å²) in [5, 5.41) is 3.02. The Morgan fingerprint density at radius 2 is 1.79 bits per heavy atom. The van der Waals surface area contributed by atoms with Gasteiger partial charge in [0.05, 0.1) is 19.8 Å². The molecule has 1 unspecified atom stereocenters. The van der Waals surface area contributed by atoms with E-state index in [9.17, 15) is 4.79 Å². The number of nitrogens with one attached hydrogen (secondary N) is 1. The molecule has 2 aromatic carbocycles. The molecule has 4 nitrogen and oxygen atoms in total. The summed E-state index contributed by atoms with van der Waals surface area (Å²) in [7, 11) is 1.58. The van der Waals surface area contributed by atoms with Crippen LogP contribution >= 0.6 is 0 Å². The van der Waals surface area contributed by atoms with Gasteiger partial charge in [0.25, 0.3) is 5.91 Å². The highest BCUT2D eigenvalue weighted by molar-refractivity contribution is 5.95. The summed E-state index contributed by atoms with van der Waals surface area (Å²) in [5.41, 5.74) is 2.92. The van der Waals surface area contributed by atoms with Crippen molar-refractivity contribution in [2.24, 2.45) is 0 Å². The van der Waals surface area contributed by atoms with Crippen LogP contribution in [-0.4, -0.2) is 19.6 Å². The number of ether oxygens (including phenoxy) is 2. The van der Waals surface area contributed by atoms with E-state index in [-0.39, 0.29) is 11.9 Å². The van der Waals surface area contributed by atoms with E-state index < -0.39 is 0 Å². The maximum atomic E-state index is 12.5. The third-order valence-electron chi connectivity index (χ3n) is 3.96. The molecule has 1 amide bonds. The summed E-state index contributed by atoms with van der Waals surface area (Å²) < 4.78 is 10.8. The molecule has 2 aromatic rings. The molecular weight excluding hydrogens is 302 g/mol. The molecule has 0 saturated carbocycles. The SMILES string of the molecule is CCOc1cc(C(=O)NC(C)c2ccc(CC)cc2)ccc1OC. The molecule has 0 bridgehead atoms. The van der Waals surface area contributed by atoms with E-state index in [1.807, 2.05) is 13.8 Å². The van der Waals surface area contributed by atoms with Crippen molar-refractivity contribution in [1.82, 2.24) is 5.32 Å². The molecule has 0 aliphatic rings. The van der Waals surface area contributed by atoms with Gasteiger partial charge in [-0.25, -0.2) is 0 Å². The molecule has 128 valence electrons. The summed E-state index contributed by atoms with van der Waals surface area (Å²) in [6, 6.07) is 13.4. The molecule has 24 heavy (non-hydrogen) atoms. The Kier molecular flexibility index (Phi) is 6.24. The average molecular weight is 327 g/mol. The molecule has 0 aliphatic heterocycles. The number of rotatable bonds is 7. The first-order chi connectivity index (χ1) is 11.6. The summed E-state index contributed by atoms with van der Waals surface area (Å²) in [4.78, 5) is 12.5. The number of carbonyl (C=O) groups excluding carboxylic acids is 1. The monoisotopic (exact) mass is 327 g/mol. The van der Waals surface area contributed by atoms with Gasteiger partial charge in [0.1, 0.15) is 0 Å². The second-order valence-corrected chi connectivity index (χ2v) is 5.59. The lowest BCUT2D eigenvalue weighted by molar-refractivity contribution is 0.0939. The second kappa shape index (κ2) is 8.39. The Labute approximate surface area is 143 Å². The minimum atomic E-state index is -0.134. The highest BCUT2D eigenvalue weighted by Gasteiger charge is 2.14. The van der Waals surface area contributed by atoms with Crippen molar-refractivity contribution in [3.63, 3.8) is 0 Å². The van der Waals surface area contributed by atoms with Gasteiger partial charge in [0.2, 0.25) is 0 Å². The maximum Gasteiger partial charge on any atom is 0.251 e. The van der Waals surface area contributed by atoms with Crippen molar-refractivity contribution in [1.29, 1.82) is 0 Å². The first kappa shape index (κ1) is 17.9. The minimum absolute atomic E-state index is 0.0685. The van der Waals surface area contributed by atoms with E-state index in [1.165, 1.54) is 5.56 Å². The molecule has 2 rings (SSSR count). The zero-order valence-corrected chi connectivity index (χ0v) is 14.8. The van der Waals surface area contributed by atoms with E-state index in [4.69, 9.17) is 9.47 Å². The third kappa shape index (κ3) is 4.28. The number of methoxy groups -OCH3 is 1. The van der Waals surface area contributed by atoms with Gasteiger partial charge in [-0.05, 0) is 49.6 Å². The number of amides is 1. The van der Waals surface area contributed by atoms with Crippen LogP contribution in [0, 0.1) is 0 Å². The molecule has 0 heterocycles. The van der Waals surface area contributed by atoms with Crippen molar-refractivity contribution >= 4 is 5.91 Å². The van der Waals surface area contributed by atoms with Crippen LogP contribution in [0.25, 0.3) is 0 Å². The minimum Gasteiger partial charge on any atom is -0.493 e. The number of carbonyl (C=O) groups is 1. The van der Waals surface area contributed by atoms with Gasteiger partial charge in [-0.15, -0.1) is 0 Å². The number of aryl methyl sites for hydroxylation is 1. The Bertz CT molecular complexity index is 680. The Morgan fingerprint density at radius 1 is 1.08 bits per heavy atom. The molecule has 0 aliphatic carbocycles. The quantitative estimate of drug-likeness (QED) is 0.831. The fraction of sp³-hybridized carbons (Fsp3) is 0.350. The largest absolute Gasteiger partial charge is 0.493 e. The lowest BCUT2D eigenvalue weighted by atomic mass is 10.0. The lowest BCUT2D eigenvalue weighted by Crippen LogP contribution is -2.26. The van der Waals surface area contributed by atoms with Crippen molar-refractivity contribution < 1.29 is 14.3 Å². The second-order valence-electron chi connectivity index (χ2n) is 5.59. The number of benzene rings is 2. The van der Waals surface area contributed by atoms with Crippen molar-refractivity contribution in [2.75, 3.05) is 13.7 Å². The molecule has 0 fully saturated rings. The molecular formula is C20H25NO3. The van der Waals surface area contributed by atoms with Gasteiger partial charge in [0.15, 0.2) is 11.5 Å². The molecule has 0 radical (unpaired) electrons. The maximum absolute atomic E-state index is 12.5. The Balaban J connectivity index is 2.11. The van der Waals surface area contributed by atoms with Crippen molar-refractivity contribution in [3.05, 3.63) is 59.2 Å². The smallest absolute Gasteiger partial charge is 0.251 e. The molecule has 0 aromatic heterocycles. The highest BCUT2D eigenvalue weighted by Crippen LogP contribution is 2.28. The zero-order chi connectivity index (χ0) is 17.5. The van der Waals surface area contributed by atoms with Crippen LogP contribution in [-0.2, 0) is 6.42 Å². The Morgan fingerprint density at radius 3 is 2.38 bits per heavy atom. The van der Waals surface area contributed by atoms with Gasteiger partial charge in [-0.1, -0.05) is 31.2 Å². The van der Waals surface area contributed by atoms with Gasteiger partial charge in [-0.3, -0.25) is 4.79 Å². The van der Waals surface area contributed by atoms with Gasteiger partial charge < -0.3 is 14.8 Å². The van der Waals surface area contributed by atoms with Crippen LogP contribution in [0.2, 0.25) is 0 Å². The van der Waals surface area contributed by atoms with Gasteiger partial charge in [0, 0.05) is 5.56 Å². The summed E-state index contributed by atoms with van der Waals surface area (Å²) in [6.45, 7) is 6.52. The fourth-order valence-corrected chi connectivity index (χ4v) is 2.49. The zero-order valence-electron chi connectivity index (χ0n) is 14.8. The average Bonchev–Trinajstić information content (AvgIpc) is 2.62. The molecule has 0 spiro atoms.